The number of methoxy groups -OCH3 is 3. The van der Waals surface area contributed by atoms with Crippen molar-refractivity contribution in [2.24, 2.45) is 35.8 Å². The molecule has 0 aliphatic rings. The molecule has 5 N–H and O–H groups in total. The number of amides is 2. The first kappa shape index (κ1) is 128. The molecule has 43 heteroatoms. The molecule has 4 unspecified atom stereocenters. The molecule has 0 heterocycles. The van der Waals surface area contributed by atoms with Crippen molar-refractivity contribution in [2.45, 2.75) is 290 Å². The van der Waals surface area contributed by atoms with Crippen molar-refractivity contribution >= 4 is 114 Å². The summed E-state index contributed by atoms with van der Waals surface area (Å²) < 4.78 is 71.8. The highest BCUT2D eigenvalue weighted by Gasteiger charge is 2.36. The third-order valence-corrected chi connectivity index (χ3v) is 19.1. The molecular formula is C90H143N7O36. The number of nitrogens with zero attached hydrogens (tertiary/aromatic N) is 5. The topological polar surface area (TPSA) is 600 Å². The Kier molecular flexibility index (Phi) is 84.9. The van der Waals surface area contributed by atoms with E-state index in [1.807, 2.05) is 13.8 Å². The van der Waals surface area contributed by atoms with Crippen molar-refractivity contribution in [1.82, 2.24) is 10.6 Å². The van der Waals surface area contributed by atoms with Gasteiger partial charge in [-0.3, -0.25) is 33.6 Å². The summed E-state index contributed by atoms with van der Waals surface area (Å²) in [6.45, 7) is 16.3. The summed E-state index contributed by atoms with van der Waals surface area (Å²) in [6, 6.07) is -3.69. The SMILES string of the molecule is C=C(C)C(=O)OCCCC(=O)OCCCCCC(=O)OCC(CC)(COC(=O)CCCCCOC(=O)NCCCCC(N=C=O)C(=O)OC)COC(=O)CCCCCOC(=O)NCCCCC(N=C=O)C(=O)OC.C=C(C)C(=O)OCCN=C=O.CCC(COC(=O)CCCCCO)(COC(=O)CCCCCO)COC(=O)CCCCCO.CCCC(N=C=O)C(N=C=O)C(=O)OC. The van der Waals surface area contributed by atoms with Crippen LogP contribution < -0.4 is 10.6 Å². The maximum atomic E-state index is 12.8. The summed E-state index contributed by atoms with van der Waals surface area (Å²) >= 11 is 0. The number of isocyanates is 5. The lowest BCUT2D eigenvalue weighted by Gasteiger charge is -2.31. The second kappa shape index (κ2) is 88.4. The highest BCUT2D eigenvalue weighted by atomic mass is 16.6. The summed E-state index contributed by atoms with van der Waals surface area (Å²) in [6.07, 6.45) is 21.4. The number of aliphatic hydroxyl groups is 3. The van der Waals surface area contributed by atoms with E-state index in [1.165, 1.54) is 58.7 Å². The monoisotopic (exact) mass is 1900 g/mol. The normalized spacial score (nSPS) is 11.6. The zero-order chi connectivity index (χ0) is 100. The standard InChI is InChI=1S/C50H78N4O20.C24H44O9.C9H12N2O4.C7H9NO3/c1-6-50(33-72-42(58)23-10-7-17-29-68-41(57)26-20-32-69-45(61)38(2)3,34-73-43(59)24-11-8-18-30-70-48(64)51-27-15-13-21-39(53-36-55)46(62)66-4)35-74-44(60)25-12-9-19-31-71-49(65)52-28-16-14-22-40(54-37-56)47(63)67-5;1-2-24(18-31-21(28)12-6-3-9-15-25,19-32-22(29)13-7-4-10-16-26)20-33-23(30)14-8-5-11-17-27;1-3-4-7(10-5-12)8(11-6-13)9(14)15-2;1-6(2)7(10)11-4-3-8-5-9/h39-40H,2,6-35H2,1,3-5H3,(H,51,64)(H,52,65);25-27H,2-20H2,1H3;7-8H,3-4H2,1-2H3;1,3-4H2,2H3. The maximum Gasteiger partial charge on any atom is 0.407 e. The average molecular weight is 1900 g/mol. The Hall–Kier alpha value is -11.6. The molecule has 0 aromatic heterocycles. The fourth-order valence-corrected chi connectivity index (χ4v) is 10.9. The second-order valence-corrected chi connectivity index (χ2v) is 30.2. The highest BCUT2D eigenvalue weighted by Crippen LogP contribution is 2.28. The molecule has 754 valence electrons. The number of aliphatic imine (C=N–C) groups is 5. The van der Waals surface area contributed by atoms with Gasteiger partial charge in [-0.15, -0.1) is 0 Å². The summed E-state index contributed by atoms with van der Waals surface area (Å²) in [5.74, 6) is -6.11. The van der Waals surface area contributed by atoms with Crippen molar-refractivity contribution in [3.05, 3.63) is 24.3 Å². The number of hydrogen-bond acceptors (Lipinski definition) is 41. The number of rotatable bonds is 76. The van der Waals surface area contributed by atoms with E-state index in [2.05, 4.69) is 67.7 Å². The van der Waals surface area contributed by atoms with E-state index in [4.69, 9.17) is 62.7 Å². The van der Waals surface area contributed by atoms with E-state index in [0.717, 1.165) is 19.3 Å². The van der Waals surface area contributed by atoms with E-state index < -0.39 is 101 Å². The number of alkyl carbamates (subject to hydrolysis) is 2. The largest absolute Gasteiger partial charge is 0.467 e. The number of carbonyl (C=O) groups excluding carboxylic acids is 19. The molecule has 0 aromatic carbocycles. The van der Waals surface area contributed by atoms with Crippen molar-refractivity contribution in [3.63, 3.8) is 0 Å². The number of carbonyl (C=O) groups is 14. The van der Waals surface area contributed by atoms with Gasteiger partial charge in [0.25, 0.3) is 0 Å². The van der Waals surface area contributed by atoms with Crippen LogP contribution in [-0.2, 0) is 148 Å². The zero-order valence-corrected chi connectivity index (χ0v) is 78.8. The molecule has 0 rings (SSSR count). The fourth-order valence-electron chi connectivity index (χ4n) is 10.9. The van der Waals surface area contributed by atoms with Crippen LogP contribution in [0.4, 0.5) is 9.59 Å². The number of esters is 12. The fraction of sp³-hybridized carbons (Fsp3) is 0.744. The molecule has 0 radical (unpaired) electrons. The lowest BCUT2D eigenvalue weighted by molar-refractivity contribution is -0.165. The van der Waals surface area contributed by atoms with Crippen molar-refractivity contribution < 1.29 is 173 Å². The molecular weight excluding hydrogens is 1760 g/mol. The summed E-state index contributed by atoms with van der Waals surface area (Å²) in [4.78, 5) is 235. The van der Waals surface area contributed by atoms with Gasteiger partial charge >= 0.3 is 83.8 Å². The first-order valence-corrected chi connectivity index (χ1v) is 44.8. The molecule has 0 spiro atoms. The lowest BCUT2D eigenvalue weighted by Crippen LogP contribution is -2.39. The Morgan fingerprint density at radius 1 is 0.331 bits per heavy atom. The minimum atomic E-state index is -1.10. The van der Waals surface area contributed by atoms with Gasteiger partial charge in [0.05, 0.1) is 71.2 Å². The van der Waals surface area contributed by atoms with Gasteiger partial charge in [0.1, 0.15) is 46.2 Å². The van der Waals surface area contributed by atoms with Gasteiger partial charge in [0.15, 0.2) is 18.1 Å². The number of ether oxygens (including phenoxy) is 14. The summed E-state index contributed by atoms with van der Waals surface area (Å²) in [7, 11) is 3.56. The van der Waals surface area contributed by atoms with Crippen molar-refractivity contribution in [2.75, 3.05) is 133 Å². The molecule has 43 nitrogen and oxygen atoms in total. The van der Waals surface area contributed by atoms with Gasteiger partial charge in [0.2, 0.25) is 30.4 Å². The van der Waals surface area contributed by atoms with Crippen LogP contribution >= 0.6 is 0 Å². The van der Waals surface area contributed by atoms with Crippen LogP contribution in [0.1, 0.15) is 266 Å². The minimum Gasteiger partial charge on any atom is -0.467 e. The summed E-state index contributed by atoms with van der Waals surface area (Å²) in [5, 5.41) is 31.7. The molecule has 0 aliphatic carbocycles. The summed E-state index contributed by atoms with van der Waals surface area (Å²) in [5.41, 5.74) is -1.29. The van der Waals surface area contributed by atoms with Gasteiger partial charge < -0.3 is 92.3 Å². The number of unbranched alkanes of at least 4 members (excludes halogenated alkanes) is 14. The van der Waals surface area contributed by atoms with Gasteiger partial charge in [-0.25, -0.2) is 62.5 Å². The third kappa shape index (κ3) is 75.7. The van der Waals surface area contributed by atoms with Crippen molar-refractivity contribution in [3.8, 4) is 0 Å². The van der Waals surface area contributed by atoms with E-state index >= 15 is 0 Å². The number of aliphatic hydroxyl groups excluding tert-OH is 3. The molecule has 2 amide bonds. The Morgan fingerprint density at radius 2 is 0.632 bits per heavy atom. The average Bonchev–Trinajstić information content (AvgIpc) is 0.866. The molecule has 0 saturated carbocycles. The van der Waals surface area contributed by atoms with Gasteiger partial charge in [0, 0.05) is 89.0 Å². The van der Waals surface area contributed by atoms with E-state index in [9.17, 15) is 91.1 Å². The van der Waals surface area contributed by atoms with E-state index in [0.29, 0.717) is 160 Å². The van der Waals surface area contributed by atoms with Crippen LogP contribution in [0.3, 0.4) is 0 Å². The second-order valence-electron chi connectivity index (χ2n) is 30.2. The van der Waals surface area contributed by atoms with Crippen LogP contribution in [0.2, 0.25) is 0 Å². The van der Waals surface area contributed by atoms with E-state index in [1.54, 1.807) is 13.8 Å². The maximum absolute atomic E-state index is 12.8. The van der Waals surface area contributed by atoms with Crippen molar-refractivity contribution in [1.29, 1.82) is 0 Å². The molecule has 0 aromatic rings. The minimum absolute atomic E-state index is 0.0298. The molecule has 133 heavy (non-hydrogen) atoms. The molecule has 0 fully saturated rings. The predicted molar refractivity (Wildman–Crippen MR) is 473 cm³/mol. The number of nitrogens with one attached hydrogen (secondary N) is 2. The quantitative estimate of drug-likeness (QED) is 0.00945. The third-order valence-electron chi connectivity index (χ3n) is 19.1. The van der Waals surface area contributed by atoms with Crippen LogP contribution in [0.15, 0.2) is 49.3 Å². The smallest absolute Gasteiger partial charge is 0.407 e. The molecule has 0 bridgehead atoms. The first-order chi connectivity index (χ1) is 63.9. The van der Waals surface area contributed by atoms with E-state index in [-0.39, 0.29) is 193 Å². The van der Waals surface area contributed by atoms with Gasteiger partial charge in [-0.2, -0.15) is 20.0 Å². The molecule has 0 aliphatic heterocycles. The number of hydrogen-bond donors (Lipinski definition) is 5. The van der Waals surface area contributed by atoms with Crippen LogP contribution in [0.5, 0.6) is 0 Å². The Labute approximate surface area is 777 Å². The molecule has 4 atom stereocenters. The Bertz CT molecular complexity index is 3460. The first-order valence-electron chi connectivity index (χ1n) is 44.8. The Balaban J connectivity index is -0.00000113. The molecule has 0 saturated heterocycles. The van der Waals surface area contributed by atoms with Gasteiger partial charge in [-0.05, 0) is 174 Å². The highest BCUT2D eigenvalue weighted by molar-refractivity contribution is 5.87. The Morgan fingerprint density at radius 3 is 0.925 bits per heavy atom. The van der Waals surface area contributed by atoms with Crippen LogP contribution in [-0.4, -0.2) is 287 Å². The van der Waals surface area contributed by atoms with Crippen LogP contribution in [0.25, 0.3) is 0 Å². The van der Waals surface area contributed by atoms with Crippen LogP contribution in [0, 0.1) is 10.8 Å². The predicted octanol–water partition coefficient (Wildman–Crippen LogP) is 9.16. The van der Waals surface area contributed by atoms with Gasteiger partial charge in [-0.1, -0.05) is 59.6 Å². The zero-order valence-electron chi connectivity index (χ0n) is 78.8. The lowest BCUT2D eigenvalue weighted by atomic mass is 9.88.